The summed E-state index contributed by atoms with van der Waals surface area (Å²) in [7, 11) is 0.0815. The van der Waals surface area contributed by atoms with E-state index >= 15 is 0 Å². The van der Waals surface area contributed by atoms with Crippen LogP contribution in [0.15, 0.2) is 0 Å². The molecule has 0 fully saturated rings. The summed E-state index contributed by atoms with van der Waals surface area (Å²) in [5.41, 5.74) is 0. The van der Waals surface area contributed by atoms with Crippen molar-refractivity contribution in [2.75, 3.05) is 20.4 Å². The molecule has 4 heteroatoms. The zero-order valence-corrected chi connectivity index (χ0v) is 7.85. The Bertz CT molecular complexity index is 125. The quantitative estimate of drug-likeness (QED) is 0.600. The smallest absolute Gasteiger partial charge is 0.312 e. The van der Waals surface area contributed by atoms with Gasteiger partial charge in [0.1, 0.15) is 0 Å². The van der Waals surface area contributed by atoms with Crippen LogP contribution in [0.4, 0.5) is 0 Å². The lowest BCUT2D eigenvalue weighted by Gasteiger charge is -2.14. The van der Waals surface area contributed by atoms with Gasteiger partial charge in [0, 0.05) is 14.2 Å². The highest BCUT2D eigenvalue weighted by Gasteiger charge is 2.21. The van der Waals surface area contributed by atoms with Gasteiger partial charge in [-0.25, -0.2) is 0 Å². The number of rotatable bonds is 4. The fourth-order valence-electron chi connectivity index (χ4n) is 0.671. The van der Waals surface area contributed by atoms with E-state index in [0.29, 0.717) is 12.1 Å². The van der Waals surface area contributed by atoms with E-state index in [-0.39, 0.29) is 0 Å². The maximum Gasteiger partial charge on any atom is 0.330 e. The molecule has 0 unspecified atom stereocenters. The molecular formula is C6H15O3P. The van der Waals surface area contributed by atoms with Crippen LogP contribution in [0.1, 0.15) is 13.8 Å². The van der Waals surface area contributed by atoms with Gasteiger partial charge in [0.05, 0.1) is 6.16 Å². The van der Waals surface area contributed by atoms with E-state index in [1.165, 1.54) is 14.2 Å². The summed E-state index contributed by atoms with van der Waals surface area (Å²) < 4.78 is 20.8. The summed E-state index contributed by atoms with van der Waals surface area (Å²) in [5.74, 6) is 0.339. The average Bonchev–Trinajstić information content (AvgIpc) is 1.87. The van der Waals surface area contributed by atoms with Crippen LogP contribution in [0.2, 0.25) is 0 Å². The van der Waals surface area contributed by atoms with Crippen molar-refractivity contribution in [3.63, 3.8) is 0 Å². The van der Waals surface area contributed by atoms with Crippen molar-refractivity contribution in [1.29, 1.82) is 0 Å². The van der Waals surface area contributed by atoms with Gasteiger partial charge in [0.15, 0.2) is 0 Å². The summed E-state index contributed by atoms with van der Waals surface area (Å²) in [6.45, 7) is 3.95. The van der Waals surface area contributed by atoms with Gasteiger partial charge >= 0.3 is 7.60 Å². The van der Waals surface area contributed by atoms with Gasteiger partial charge in [-0.1, -0.05) is 13.8 Å². The Morgan fingerprint density at radius 3 is 1.80 bits per heavy atom. The van der Waals surface area contributed by atoms with E-state index < -0.39 is 7.60 Å². The minimum atomic E-state index is -2.74. The largest absolute Gasteiger partial charge is 0.330 e. The molecule has 0 bridgehead atoms. The Morgan fingerprint density at radius 1 is 1.30 bits per heavy atom. The summed E-state index contributed by atoms with van der Waals surface area (Å²) in [4.78, 5) is 0. The zero-order valence-electron chi connectivity index (χ0n) is 6.96. The third-order valence-electron chi connectivity index (χ3n) is 1.15. The summed E-state index contributed by atoms with van der Waals surface area (Å²) >= 11 is 0. The maximum absolute atomic E-state index is 11.3. The molecule has 0 saturated carbocycles. The lowest BCUT2D eigenvalue weighted by Crippen LogP contribution is -2.00. The first-order valence-electron chi connectivity index (χ1n) is 3.24. The summed E-state index contributed by atoms with van der Waals surface area (Å²) in [5, 5.41) is 0. The van der Waals surface area contributed by atoms with E-state index in [1.54, 1.807) is 0 Å². The molecule has 0 saturated heterocycles. The monoisotopic (exact) mass is 166 g/mol. The third-order valence-corrected chi connectivity index (χ3v) is 3.44. The highest BCUT2D eigenvalue weighted by molar-refractivity contribution is 7.53. The molecule has 0 heterocycles. The van der Waals surface area contributed by atoms with E-state index in [1.807, 2.05) is 13.8 Å². The molecule has 0 radical (unpaired) electrons. The Balaban J connectivity index is 3.94. The first-order valence-corrected chi connectivity index (χ1v) is 4.97. The van der Waals surface area contributed by atoms with Crippen molar-refractivity contribution < 1.29 is 13.6 Å². The van der Waals surface area contributed by atoms with Gasteiger partial charge in [-0.15, -0.1) is 0 Å². The molecule has 0 aliphatic heterocycles. The van der Waals surface area contributed by atoms with Gasteiger partial charge in [0.25, 0.3) is 0 Å². The Labute approximate surface area is 62.3 Å². The molecule has 0 spiro atoms. The summed E-state index contributed by atoms with van der Waals surface area (Å²) in [6, 6.07) is 0. The van der Waals surface area contributed by atoms with Crippen molar-refractivity contribution in [2.45, 2.75) is 13.8 Å². The van der Waals surface area contributed by atoms with Crippen molar-refractivity contribution in [3.8, 4) is 0 Å². The molecule has 0 aromatic carbocycles. The van der Waals surface area contributed by atoms with Gasteiger partial charge in [0.2, 0.25) is 0 Å². The molecule has 0 N–H and O–H groups in total. The fourth-order valence-corrected chi connectivity index (χ4v) is 2.01. The highest BCUT2D eigenvalue weighted by Crippen LogP contribution is 2.47. The molecule has 0 aromatic heterocycles. The topological polar surface area (TPSA) is 35.5 Å². The van der Waals surface area contributed by atoms with Gasteiger partial charge in [-0.3, -0.25) is 4.57 Å². The van der Waals surface area contributed by atoms with Gasteiger partial charge in [-0.05, 0) is 5.92 Å². The van der Waals surface area contributed by atoms with Crippen LogP contribution in [-0.4, -0.2) is 20.4 Å². The second-order valence-electron chi connectivity index (χ2n) is 2.55. The molecule has 0 amide bonds. The van der Waals surface area contributed by atoms with Crippen LogP contribution in [0, 0.1) is 5.92 Å². The first-order chi connectivity index (χ1) is 4.54. The van der Waals surface area contributed by atoms with Crippen molar-refractivity contribution in [1.82, 2.24) is 0 Å². The molecule has 3 nitrogen and oxygen atoms in total. The minimum Gasteiger partial charge on any atom is -0.312 e. The summed E-state index contributed by atoms with van der Waals surface area (Å²) in [6.07, 6.45) is 0.486. The second-order valence-corrected chi connectivity index (χ2v) is 4.87. The number of hydrogen-bond donors (Lipinski definition) is 0. The van der Waals surface area contributed by atoms with Crippen LogP contribution in [-0.2, 0) is 13.6 Å². The standard InChI is InChI=1S/C6H15O3P/c1-6(2)5-10(7,8-3)9-4/h6H,5H2,1-4H3. The van der Waals surface area contributed by atoms with Crippen LogP contribution in [0.3, 0.4) is 0 Å². The van der Waals surface area contributed by atoms with E-state index in [9.17, 15) is 4.57 Å². The molecular weight excluding hydrogens is 151 g/mol. The third kappa shape index (κ3) is 3.35. The lowest BCUT2D eigenvalue weighted by molar-refractivity contribution is 0.272. The van der Waals surface area contributed by atoms with Crippen molar-refractivity contribution >= 4 is 7.60 Å². The molecule has 62 valence electrons. The second kappa shape index (κ2) is 4.12. The van der Waals surface area contributed by atoms with E-state index in [2.05, 4.69) is 0 Å². The van der Waals surface area contributed by atoms with Gasteiger partial charge in [-0.2, -0.15) is 0 Å². The predicted octanol–water partition coefficient (Wildman–Crippen LogP) is 2.13. The van der Waals surface area contributed by atoms with Crippen LogP contribution in [0.25, 0.3) is 0 Å². The number of hydrogen-bond acceptors (Lipinski definition) is 3. The fraction of sp³-hybridized carbons (Fsp3) is 1.00. The zero-order chi connectivity index (χ0) is 8.20. The SMILES string of the molecule is COP(=O)(CC(C)C)OC. The highest BCUT2D eigenvalue weighted by atomic mass is 31.2. The Kier molecular flexibility index (Phi) is 4.18. The van der Waals surface area contributed by atoms with Crippen molar-refractivity contribution in [3.05, 3.63) is 0 Å². The van der Waals surface area contributed by atoms with Crippen LogP contribution < -0.4 is 0 Å². The molecule has 0 rings (SSSR count). The lowest BCUT2D eigenvalue weighted by atomic mass is 10.3. The van der Waals surface area contributed by atoms with Crippen molar-refractivity contribution in [2.24, 2.45) is 5.92 Å². The van der Waals surface area contributed by atoms with Gasteiger partial charge < -0.3 is 9.05 Å². The van der Waals surface area contributed by atoms with E-state index in [4.69, 9.17) is 9.05 Å². The Morgan fingerprint density at radius 2 is 1.70 bits per heavy atom. The van der Waals surface area contributed by atoms with Crippen LogP contribution >= 0.6 is 7.60 Å². The molecule has 0 aliphatic carbocycles. The van der Waals surface area contributed by atoms with E-state index in [0.717, 1.165) is 0 Å². The molecule has 0 atom stereocenters. The van der Waals surface area contributed by atoms with Crippen LogP contribution in [0.5, 0.6) is 0 Å². The molecule has 0 aromatic rings. The molecule has 10 heavy (non-hydrogen) atoms. The Hall–Kier alpha value is 0.150. The maximum atomic E-state index is 11.3. The average molecular weight is 166 g/mol. The predicted molar refractivity (Wildman–Crippen MR) is 41.3 cm³/mol. The first kappa shape index (κ1) is 10.2. The molecule has 0 aliphatic rings. The normalized spacial score (nSPS) is 12.5. The minimum absolute atomic E-state index is 0.339.